The Labute approximate surface area is 141 Å². The fraction of sp³-hybridized carbons (Fsp3) is 0.529. The SMILES string of the molecule is Cc1cc(Cl)ccc1OCC(=O)OCC(=O)NC1CCCCC1. The molecule has 1 aliphatic carbocycles. The van der Waals surface area contributed by atoms with E-state index < -0.39 is 5.97 Å². The molecule has 0 aliphatic heterocycles. The number of rotatable bonds is 6. The number of amides is 1. The largest absolute Gasteiger partial charge is 0.482 e. The smallest absolute Gasteiger partial charge is 0.344 e. The van der Waals surface area contributed by atoms with Crippen molar-refractivity contribution in [2.75, 3.05) is 13.2 Å². The van der Waals surface area contributed by atoms with Crippen molar-refractivity contribution < 1.29 is 19.1 Å². The molecule has 1 fully saturated rings. The Kier molecular flexibility index (Phi) is 6.71. The first-order chi connectivity index (χ1) is 11.0. The molecule has 1 amide bonds. The van der Waals surface area contributed by atoms with Crippen LogP contribution in [0.3, 0.4) is 0 Å². The number of carbonyl (C=O) groups excluding carboxylic acids is 2. The van der Waals surface area contributed by atoms with Crippen LogP contribution in [0, 0.1) is 6.92 Å². The number of benzene rings is 1. The zero-order valence-corrected chi connectivity index (χ0v) is 14.0. The number of esters is 1. The predicted molar refractivity (Wildman–Crippen MR) is 87.7 cm³/mol. The summed E-state index contributed by atoms with van der Waals surface area (Å²) in [5, 5.41) is 3.50. The van der Waals surface area contributed by atoms with Crippen molar-refractivity contribution in [3.05, 3.63) is 28.8 Å². The predicted octanol–water partition coefficient (Wildman–Crippen LogP) is 3.02. The summed E-state index contributed by atoms with van der Waals surface area (Å²) in [6, 6.07) is 5.34. The first-order valence-electron chi connectivity index (χ1n) is 7.88. The van der Waals surface area contributed by atoms with E-state index in [0.717, 1.165) is 31.2 Å². The van der Waals surface area contributed by atoms with E-state index in [4.69, 9.17) is 21.1 Å². The molecular weight excluding hydrogens is 318 g/mol. The van der Waals surface area contributed by atoms with Crippen molar-refractivity contribution in [3.8, 4) is 5.75 Å². The maximum Gasteiger partial charge on any atom is 0.344 e. The second-order valence-corrected chi connectivity index (χ2v) is 6.20. The molecule has 0 spiro atoms. The number of hydrogen-bond donors (Lipinski definition) is 1. The summed E-state index contributed by atoms with van der Waals surface area (Å²) in [5.41, 5.74) is 0.834. The first-order valence-corrected chi connectivity index (χ1v) is 8.26. The molecule has 0 radical (unpaired) electrons. The van der Waals surface area contributed by atoms with Crippen molar-refractivity contribution in [2.45, 2.75) is 45.1 Å². The van der Waals surface area contributed by atoms with Crippen LogP contribution in [0.15, 0.2) is 18.2 Å². The minimum Gasteiger partial charge on any atom is -0.482 e. The Balaban J connectivity index is 1.67. The number of ether oxygens (including phenoxy) is 2. The van der Waals surface area contributed by atoms with Gasteiger partial charge in [-0.25, -0.2) is 4.79 Å². The zero-order valence-electron chi connectivity index (χ0n) is 13.3. The Morgan fingerprint density at radius 3 is 2.65 bits per heavy atom. The number of halogens is 1. The summed E-state index contributed by atoms with van der Waals surface area (Å²) >= 11 is 5.85. The molecule has 5 nitrogen and oxygen atoms in total. The van der Waals surface area contributed by atoms with Gasteiger partial charge < -0.3 is 14.8 Å². The fourth-order valence-electron chi connectivity index (χ4n) is 2.62. The van der Waals surface area contributed by atoms with Crippen LogP contribution < -0.4 is 10.1 Å². The molecule has 0 unspecified atom stereocenters. The normalized spacial score (nSPS) is 15.0. The Hall–Kier alpha value is -1.75. The van der Waals surface area contributed by atoms with Gasteiger partial charge >= 0.3 is 5.97 Å². The third-order valence-electron chi connectivity index (χ3n) is 3.82. The zero-order chi connectivity index (χ0) is 16.7. The fourth-order valence-corrected chi connectivity index (χ4v) is 2.84. The maximum absolute atomic E-state index is 11.7. The standard InChI is InChI=1S/C17H22ClNO4/c1-12-9-13(18)7-8-15(12)22-11-17(21)23-10-16(20)19-14-5-3-2-4-6-14/h7-9,14H,2-6,10-11H2,1H3,(H,19,20). The molecule has 1 aromatic rings. The lowest BCUT2D eigenvalue weighted by molar-refractivity contribution is -0.150. The Bertz CT molecular complexity index is 556. The molecule has 1 aliphatic rings. The number of nitrogens with one attached hydrogen (secondary N) is 1. The molecule has 126 valence electrons. The van der Waals surface area contributed by atoms with Crippen LogP contribution in [0.5, 0.6) is 5.75 Å². The van der Waals surface area contributed by atoms with E-state index in [1.165, 1.54) is 6.42 Å². The van der Waals surface area contributed by atoms with E-state index in [1.807, 2.05) is 6.92 Å². The lowest BCUT2D eigenvalue weighted by Gasteiger charge is -2.22. The van der Waals surface area contributed by atoms with E-state index in [1.54, 1.807) is 18.2 Å². The quantitative estimate of drug-likeness (QED) is 0.809. The van der Waals surface area contributed by atoms with Gasteiger partial charge in [0, 0.05) is 11.1 Å². The number of hydrogen-bond acceptors (Lipinski definition) is 4. The topological polar surface area (TPSA) is 64.6 Å². The van der Waals surface area contributed by atoms with Crippen molar-refractivity contribution in [2.24, 2.45) is 0 Å². The van der Waals surface area contributed by atoms with Gasteiger partial charge in [0.05, 0.1) is 0 Å². The monoisotopic (exact) mass is 339 g/mol. The van der Waals surface area contributed by atoms with Crippen molar-refractivity contribution >= 4 is 23.5 Å². The van der Waals surface area contributed by atoms with Gasteiger partial charge in [-0.05, 0) is 43.5 Å². The molecule has 6 heteroatoms. The Morgan fingerprint density at radius 2 is 1.96 bits per heavy atom. The van der Waals surface area contributed by atoms with E-state index in [-0.39, 0.29) is 25.2 Å². The highest BCUT2D eigenvalue weighted by Gasteiger charge is 2.16. The van der Waals surface area contributed by atoms with Crippen LogP contribution in [-0.4, -0.2) is 31.1 Å². The number of aryl methyl sites for hydroxylation is 1. The highest BCUT2D eigenvalue weighted by Crippen LogP contribution is 2.21. The van der Waals surface area contributed by atoms with Gasteiger partial charge in [0.2, 0.25) is 0 Å². The van der Waals surface area contributed by atoms with Crippen LogP contribution in [0.25, 0.3) is 0 Å². The average Bonchev–Trinajstić information content (AvgIpc) is 2.53. The average molecular weight is 340 g/mol. The van der Waals surface area contributed by atoms with Crippen molar-refractivity contribution in [3.63, 3.8) is 0 Å². The van der Waals surface area contributed by atoms with Crippen LogP contribution in [0.2, 0.25) is 5.02 Å². The molecule has 2 rings (SSSR count). The second kappa shape index (κ2) is 8.77. The van der Waals surface area contributed by atoms with E-state index in [9.17, 15) is 9.59 Å². The molecule has 0 aromatic heterocycles. The molecule has 1 N–H and O–H groups in total. The molecular formula is C17H22ClNO4. The van der Waals surface area contributed by atoms with Gasteiger partial charge in [-0.2, -0.15) is 0 Å². The summed E-state index contributed by atoms with van der Waals surface area (Å²) in [5.74, 6) is -0.260. The van der Waals surface area contributed by atoms with Crippen LogP contribution in [-0.2, 0) is 14.3 Å². The summed E-state index contributed by atoms with van der Waals surface area (Å²) in [6.07, 6.45) is 5.50. The van der Waals surface area contributed by atoms with Gasteiger partial charge in [-0.1, -0.05) is 30.9 Å². The van der Waals surface area contributed by atoms with Crippen molar-refractivity contribution in [1.82, 2.24) is 5.32 Å². The minimum atomic E-state index is -0.571. The highest BCUT2D eigenvalue weighted by atomic mass is 35.5. The second-order valence-electron chi connectivity index (χ2n) is 5.76. The minimum absolute atomic E-state index is 0.211. The van der Waals surface area contributed by atoms with E-state index >= 15 is 0 Å². The van der Waals surface area contributed by atoms with Crippen LogP contribution in [0.1, 0.15) is 37.7 Å². The first kappa shape index (κ1) is 17.6. The molecule has 1 aromatic carbocycles. The van der Waals surface area contributed by atoms with Crippen LogP contribution in [0.4, 0.5) is 0 Å². The van der Waals surface area contributed by atoms with E-state index in [2.05, 4.69) is 5.32 Å². The lowest BCUT2D eigenvalue weighted by Crippen LogP contribution is -2.39. The lowest BCUT2D eigenvalue weighted by atomic mass is 9.95. The summed E-state index contributed by atoms with van der Waals surface area (Å²) in [4.78, 5) is 23.4. The van der Waals surface area contributed by atoms with Gasteiger partial charge in [-0.3, -0.25) is 4.79 Å². The van der Waals surface area contributed by atoms with Gasteiger partial charge in [0.1, 0.15) is 5.75 Å². The van der Waals surface area contributed by atoms with Gasteiger partial charge in [-0.15, -0.1) is 0 Å². The highest BCUT2D eigenvalue weighted by molar-refractivity contribution is 6.30. The summed E-state index contributed by atoms with van der Waals surface area (Å²) in [7, 11) is 0. The van der Waals surface area contributed by atoms with Gasteiger partial charge in [0.15, 0.2) is 13.2 Å². The number of carbonyl (C=O) groups is 2. The summed E-state index contributed by atoms with van der Waals surface area (Å²) < 4.78 is 10.3. The Morgan fingerprint density at radius 1 is 1.22 bits per heavy atom. The molecule has 0 bridgehead atoms. The van der Waals surface area contributed by atoms with Crippen molar-refractivity contribution in [1.29, 1.82) is 0 Å². The molecule has 1 saturated carbocycles. The van der Waals surface area contributed by atoms with E-state index in [0.29, 0.717) is 10.8 Å². The van der Waals surface area contributed by atoms with Crippen LogP contribution >= 0.6 is 11.6 Å². The third kappa shape index (κ3) is 6.10. The molecule has 23 heavy (non-hydrogen) atoms. The molecule has 0 saturated heterocycles. The third-order valence-corrected chi connectivity index (χ3v) is 4.05. The molecule has 0 atom stereocenters. The molecule has 0 heterocycles. The van der Waals surface area contributed by atoms with Gasteiger partial charge in [0.25, 0.3) is 5.91 Å². The maximum atomic E-state index is 11.7. The summed E-state index contributed by atoms with van der Waals surface area (Å²) in [6.45, 7) is 1.33.